The molecule has 0 radical (unpaired) electrons. The van der Waals surface area contributed by atoms with Crippen LogP contribution in [0.15, 0.2) is 28.7 Å². The van der Waals surface area contributed by atoms with E-state index in [0.717, 1.165) is 34.4 Å². The quantitative estimate of drug-likeness (QED) is 0.862. The maximum atomic E-state index is 12.3. The summed E-state index contributed by atoms with van der Waals surface area (Å²) in [7, 11) is 0. The molecule has 4 nitrogen and oxygen atoms in total. The van der Waals surface area contributed by atoms with Crippen molar-refractivity contribution in [1.29, 1.82) is 5.26 Å². The minimum absolute atomic E-state index is 0.195. The zero-order chi connectivity index (χ0) is 14.8. The lowest BCUT2D eigenvalue weighted by atomic mass is 10.0. The number of anilines is 1. The second-order valence-electron chi connectivity index (χ2n) is 4.71. The molecule has 1 aliphatic heterocycles. The van der Waals surface area contributed by atoms with Crippen LogP contribution >= 0.6 is 27.3 Å². The lowest BCUT2D eigenvalue weighted by Crippen LogP contribution is -2.22. The van der Waals surface area contributed by atoms with Crippen LogP contribution in [0.5, 0.6) is 0 Å². The Balaban J connectivity index is 1.90. The Morgan fingerprint density at radius 2 is 2.33 bits per heavy atom. The molecule has 0 fully saturated rings. The third-order valence-corrected chi connectivity index (χ3v) is 4.99. The average Bonchev–Trinajstić information content (AvgIpc) is 2.84. The van der Waals surface area contributed by atoms with E-state index in [1.165, 1.54) is 11.3 Å². The first kappa shape index (κ1) is 14.3. The van der Waals surface area contributed by atoms with Crippen molar-refractivity contribution in [3.8, 4) is 6.07 Å². The predicted octanol–water partition coefficient (Wildman–Crippen LogP) is 3.28. The third kappa shape index (κ3) is 2.86. The van der Waals surface area contributed by atoms with Crippen molar-refractivity contribution in [2.75, 3.05) is 11.9 Å². The summed E-state index contributed by atoms with van der Waals surface area (Å²) in [6.07, 6.45) is 0.835. The predicted molar refractivity (Wildman–Crippen MR) is 86.5 cm³/mol. The first-order chi connectivity index (χ1) is 10.2. The number of hydrogen-bond acceptors (Lipinski definition) is 4. The number of nitrogens with one attached hydrogen (secondary N) is 2. The zero-order valence-electron chi connectivity index (χ0n) is 11.1. The summed E-state index contributed by atoms with van der Waals surface area (Å²) in [6, 6.07) is 9.42. The van der Waals surface area contributed by atoms with Crippen molar-refractivity contribution in [1.82, 2.24) is 5.32 Å². The molecule has 1 aliphatic rings. The number of fused-ring (bicyclic) bond motifs is 1. The number of nitrogens with zero attached hydrogens (tertiary/aromatic N) is 1. The molecule has 6 heteroatoms. The van der Waals surface area contributed by atoms with Gasteiger partial charge in [0, 0.05) is 21.5 Å². The summed E-state index contributed by atoms with van der Waals surface area (Å²) < 4.78 is 0.852. The van der Waals surface area contributed by atoms with E-state index in [1.54, 1.807) is 12.1 Å². The largest absolute Gasteiger partial charge is 0.312 e. The fourth-order valence-electron chi connectivity index (χ4n) is 2.35. The van der Waals surface area contributed by atoms with Gasteiger partial charge in [-0.25, -0.2) is 0 Å². The second-order valence-corrected chi connectivity index (χ2v) is 6.73. The van der Waals surface area contributed by atoms with Gasteiger partial charge in [-0.15, -0.1) is 11.3 Å². The van der Waals surface area contributed by atoms with Crippen LogP contribution in [0.1, 0.15) is 26.4 Å². The van der Waals surface area contributed by atoms with E-state index in [1.807, 2.05) is 12.1 Å². The minimum atomic E-state index is -0.195. The van der Waals surface area contributed by atoms with Crippen LogP contribution in [0, 0.1) is 11.3 Å². The van der Waals surface area contributed by atoms with Crippen LogP contribution in [-0.4, -0.2) is 12.5 Å². The Bertz CT molecular complexity index is 748. The van der Waals surface area contributed by atoms with E-state index in [0.29, 0.717) is 16.1 Å². The van der Waals surface area contributed by atoms with Gasteiger partial charge in [-0.05, 0) is 36.7 Å². The molecule has 0 saturated heterocycles. The molecule has 3 rings (SSSR count). The average molecular weight is 362 g/mol. The van der Waals surface area contributed by atoms with Crippen molar-refractivity contribution < 1.29 is 4.79 Å². The summed E-state index contributed by atoms with van der Waals surface area (Å²) in [4.78, 5) is 13.4. The number of rotatable bonds is 2. The van der Waals surface area contributed by atoms with Gasteiger partial charge in [-0.1, -0.05) is 22.0 Å². The van der Waals surface area contributed by atoms with E-state index in [-0.39, 0.29) is 5.91 Å². The van der Waals surface area contributed by atoms with Gasteiger partial charge in [-0.3, -0.25) is 4.79 Å². The van der Waals surface area contributed by atoms with Crippen LogP contribution in [0.25, 0.3) is 0 Å². The van der Waals surface area contributed by atoms with Gasteiger partial charge in [0.1, 0.15) is 11.1 Å². The maximum absolute atomic E-state index is 12.3. The summed E-state index contributed by atoms with van der Waals surface area (Å²) in [6.45, 7) is 1.64. The number of nitriles is 1. The maximum Gasteiger partial charge on any atom is 0.256 e. The highest BCUT2D eigenvalue weighted by Crippen LogP contribution is 2.35. The van der Waals surface area contributed by atoms with Gasteiger partial charge in [0.15, 0.2) is 0 Å². The van der Waals surface area contributed by atoms with E-state index < -0.39 is 0 Å². The number of hydrogen-bond donors (Lipinski definition) is 2. The molecule has 1 aromatic carbocycles. The molecule has 106 valence electrons. The Morgan fingerprint density at radius 1 is 1.48 bits per heavy atom. The fourth-order valence-corrected chi connectivity index (χ4v) is 3.91. The number of carbonyl (C=O) groups excluding carboxylic acids is 1. The van der Waals surface area contributed by atoms with Gasteiger partial charge in [0.2, 0.25) is 0 Å². The lowest BCUT2D eigenvalue weighted by molar-refractivity contribution is 0.102. The van der Waals surface area contributed by atoms with E-state index in [2.05, 4.69) is 32.6 Å². The SMILES string of the molecule is N#Cc1c(NC(=O)c2cccc(Br)c2)sc2c1CCNC2. The molecule has 2 N–H and O–H groups in total. The smallest absolute Gasteiger partial charge is 0.256 e. The van der Waals surface area contributed by atoms with E-state index in [9.17, 15) is 10.1 Å². The molecule has 1 aromatic heterocycles. The monoisotopic (exact) mass is 361 g/mol. The normalized spacial score (nSPS) is 13.3. The number of amides is 1. The summed E-state index contributed by atoms with van der Waals surface area (Å²) in [5, 5.41) is 16.2. The Morgan fingerprint density at radius 3 is 3.10 bits per heavy atom. The number of carbonyl (C=O) groups is 1. The Kier molecular flexibility index (Phi) is 4.06. The Hall–Kier alpha value is -1.68. The summed E-state index contributed by atoms with van der Waals surface area (Å²) in [5.41, 5.74) is 2.25. The fraction of sp³-hybridized carbons (Fsp3) is 0.200. The highest BCUT2D eigenvalue weighted by molar-refractivity contribution is 9.10. The summed E-state index contributed by atoms with van der Waals surface area (Å²) >= 11 is 4.84. The highest BCUT2D eigenvalue weighted by atomic mass is 79.9. The van der Waals surface area contributed by atoms with Crippen LogP contribution in [-0.2, 0) is 13.0 Å². The molecule has 0 bridgehead atoms. The zero-order valence-corrected chi connectivity index (χ0v) is 13.5. The molecule has 0 saturated carbocycles. The van der Waals surface area contributed by atoms with Crippen molar-refractivity contribution in [2.24, 2.45) is 0 Å². The molecule has 0 spiro atoms. The van der Waals surface area contributed by atoms with Crippen LogP contribution < -0.4 is 10.6 Å². The standard InChI is InChI=1S/C15H12BrN3OS/c16-10-3-1-2-9(6-10)14(20)19-15-12(7-17)11-4-5-18-8-13(11)21-15/h1-3,6,18H,4-5,8H2,(H,19,20). The van der Waals surface area contributed by atoms with Gasteiger partial charge in [-0.2, -0.15) is 5.26 Å². The molecule has 2 aromatic rings. The number of benzene rings is 1. The molecule has 0 unspecified atom stereocenters. The first-order valence-electron chi connectivity index (χ1n) is 6.51. The lowest BCUT2D eigenvalue weighted by Gasteiger charge is -2.11. The van der Waals surface area contributed by atoms with Gasteiger partial charge in [0.25, 0.3) is 5.91 Å². The highest BCUT2D eigenvalue weighted by Gasteiger charge is 2.21. The molecule has 1 amide bonds. The van der Waals surface area contributed by atoms with Crippen molar-refractivity contribution >= 4 is 38.2 Å². The van der Waals surface area contributed by atoms with Gasteiger partial charge in [0.05, 0.1) is 5.56 Å². The second kappa shape index (κ2) is 5.98. The number of thiophene rings is 1. The van der Waals surface area contributed by atoms with Crippen LogP contribution in [0.4, 0.5) is 5.00 Å². The topological polar surface area (TPSA) is 64.9 Å². The molecular weight excluding hydrogens is 350 g/mol. The van der Waals surface area contributed by atoms with Crippen LogP contribution in [0.3, 0.4) is 0 Å². The van der Waals surface area contributed by atoms with Crippen molar-refractivity contribution in [3.05, 3.63) is 50.3 Å². The molecule has 2 heterocycles. The molecule has 0 atom stereocenters. The number of halogens is 1. The van der Waals surface area contributed by atoms with E-state index in [4.69, 9.17) is 0 Å². The van der Waals surface area contributed by atoms with Crippen LogP contribution in [0.2, 0.25) is 0 Å². The molecule has 0 aliphatic carbocycles. The molecule has 21 heavy (non-hydrogen) atoms. The Labute approximate surface area is 134 Å². The third-order valence-electron chi connectivity index (χ3n) is 3.35. The van der Waals surface area contributed by atoms with Gasteiger partial charge >= 0.3 is 0 Å². The molecular formula is C15H12BrN3OS. The van der Waals surface area contributed by atoms with E-state index >= 15 is 0 Å². The first-order valence-corrected chi connectivity index (χ1v) is 8.12. The van der Waals surface area contributed by atoms with Crippen molar-refractivity contribution in [3.63, 3.8) is 0 Å². The van der Waals surface area contributed by atoms with Gasteiger partial charge < -0.3 is 10.6 Å². The van der Waals surface area contributed by atoms with Crippen molar-refractivity contribution in [2.45, 2.75) is 13.0 Å². The minimum Gasteiger partial charge on any atom is -0.312 e. The summed E-state index contributed by atoms with van der Waals surface area (Å²) in [5.74, 6) is -0.195.